The van der Waals surface area contributed by atoms with Crippen molar-refractivity contribution in [3.05, 3.63) is 48.5 Å². The fourth-order valence-electron chi connectivity index (χ4n) is 2.11. The molecular weight excluding hydrogens is 276 g/mol. The zero-order chi connectivity index (χ0) is 14.3. The van der Waals surface area contributed by atoms with Gasteiger partial charge in [-0.05, 0) is 24.3 Å². The monoisotopic (exact) mass is 286 g/mol. The molecule has 2 aromatic carbocycles. The molecule has 3 rings (SSSR count). The van der Waals surface area contributed by atoms with Crippen molar-refractivity contribution < 1.29 is 13.2 Å². The molecule has 0 radical (unpaired) electrons. The Bertz CT molecular complexity index is 949. The number of para-hydroxylation sites is 1. The molecule has 1 amide bonds. The molecule has 0 fully saturated rings. The SMILES string of the molecule is NC(=O)S(=O)(=O)c1cccc2nc3ccccc3cc12. The maximum absolute atomic E-state index is 12.0. The zero-order valence-electron chi connectivity index (χ0n) is 10.3. The molecule has 6 heteroatoms. The number of nitrogens with zero attached hydrogens (tertiary/aromatic N) is 1. The van der Waals surface area contributed by atoms with Crippen molar-refractivity contribution in [2.24, 2.45) is 5.73 Å². The largest absolute Gasteiger partial charge is 0.356 e. The molecule has 20 heavy (non-hydrogen) atoms. The van der Waals surface area contributed by atoms with E-state index in [1.807, 2.05) is 24.3 Å². The van der Waals surface area contributed by atoms with Gasteiger partial charge in [0, 0.05) is 10.8 Å². The van der Waals surface area contributed by atoms with E-state index < -0.39 is 15.1 Å². The van der Waals surface area contributed by atoms with Crippen LogP contribution in [0.3, 0.4) is 0 Å². The van der Waals surface area contributed by atoms with Crippen LogP contribution in [-0.2, 0) is 9.84 Å². The Morgan fingerprint density at radius 1 is 1.00 bits per heavy atom. The Kier molecular flexibility index (Phi) is 2.69. The van der Waals surface area contributed by atoms with Crippen LogP contribution in [0.1, 0.15) is 0 Å². The van der Waals surface area contributed by atoms with Gasteiger partial charge >= 0.3 is 5.24 Å². The van der Waals surface area contributed by atoms with Crippen molar-refractivity contribution in [1.82, 2.24) is 4.98 Å². The molecule has 0 aliphatic heterocycles. The number of aromatic nitrogens is 1. The third-order valence-electron chi connectivity index (χ3n) is 3.07. The van der Waals surface area contributed by atoms with Gasteiger partial charge in [0.05, 0.1) is 15.9 Å². The Morgan fingerprint density at radius 3 is 2.45 bits per heavy atom. The molecule has 100 valence electrons. The summed E-state index contributed by atoms with van der Waals surface area (Å²) in [4.78, 5) is 15.4. The lowest BCUT2D eigenvalue weighted by Crippen LogP contribution is -2.22. The summed E-state index contributed by atoms with van der Waals surface area (Å²) in [5.74, 6) is 0. The first-order valence-corrected chi connectivity index (χ1v) is 7.31. The zero-order valence-corrected chi connectivity index (χ0v) is 11.1. The van der Waals surface area contributed by atoms with Crippen LogP contribution in [0, 0.1) is 0 Å². The number of hydrogen-bond donors (Lipinski definition) is 1. The highest BCUT2D eigenvalue weighted by molar-refractivity contribution is 8.06. The number of primary amides is 1. The van der Waals surface area contributed by atoms with E-state index in [9.17, 15) is 13.2 Å². The van der Waals surface area contributed by atoms with Crippen LogP contribution in [0.15, 0.2) is 53.4 Å². The summed E-state index contributed by atoms with van der Waals surface area (Å²) in [6.45, 7) is 0. The minimum Gasteiger partial charge on any atom is -0.356 e. The maximum Gasteiger partial charge on any atom is 0.338 e. The third-order valence-corrected chi connectivity index (χ3v) is 4.54. The highest BCUT2D eigenvalue weighted by Crippen LogP contribution is 2.26. The van der Waals surface area contributed by atoms with Gasteiger partial charge in [-0.25, -0.2) is 13.4 Å². The van der Waals surface area contributed by atoms with Crippen molar-refractivity contribution in [1.29, 1.82) is 0 Å². The second kappa shape index (κ2) is 4.28. The van der Waals surface area contributed by atoms with Crippen molar-refractivity contribution in [3.63, 3.8) is 0 Å². The fourth-order valence-corrected chi connectivity index (χ4v) is 3.04. The molecule has 0 atom stereocenters. The fraction of sp³-hybridized carbons (Fsp3) is 0. The lowest BCUT2D eigenvalue weighted by atomic mass is 10.1. The van der Waals surface area contributed by atoms with Crippen molar-refractivity contribution in [3.8, 4) is 0 Å². The number of carbonyl (C=O) groups is 1. The summed E-state index contributed by atoms with van der Waals surface area (Å²) in [5, 5.41) is -0.171. The van der Waals surface area contributed by atoms with Gasteiger partial charge in [-0.3, -0.25) is 4.79 Å². The standard InChI is InChI=1S/C14H10N2O3S/c15-14(17)20(18,19)13-7-3-6-12-10(13)8-9-4-1-2-5-11(9)16-12/h1-8H,(H2,15,17). The summed E-state index contributed by atoms with van der Waals surface area (Å²) in [5.41, 5.74) is 6.22. The molecule has 0 saturated heterocycles. The normalized spacial score (nSPS) is 11.8. The molecule has 1 aromatic heterocycles. The summed E-state index contributed by atoms with van der Waals surface area (Å²) in [7, 11) is -4.17. The van der Waals surface area contributed by atoms with Crippen LogP contribution in [0.5, 0.6) is 0 Å². The van der Waals surface area contributed by atoms with E-state index in [2.05, 4.69) is 4.98 Å². The molecule has 0 bridgehead atoms. The molecule has 2 N–H and O–H groups in total. The lowest BCUT2D eigenvalue weighted by molar-refractivity contribution is 0.265. The van der Waals surface area contributed by atoms with E-state index in [0.29, 0.717) is 10.9 Å². The van der Waals surface area contributed by atoms with Crippen LogP contribution >= 0.6 is 0 Å². The van der Waals surface area contributed by atoms with Crippen molar-refractivity contribution >= 4 is 36.9 Å². The molecule has 5 nitrogen and oxygen atoms in total. The highest BCUT2D eigenvalue weighted by Gasteiger charge is 2.24. The van der Waals surface area contributed by atoms with Crippen LogP contribution < -0.4 is 5.73 Å². The lowest BCUT2D eigenvalue weighted by Gasteiger charge is -2.06. The first-order valence-electron chi connectivity index (χ1n) is 5.83. The van der Waals surface area contributed by atoms with E-state index in [1.165, 1.54) is 6.07 Å². The second-order valence-corrected chi connectivity index (χ2v) is 6.18. The van der Waals surface area contributed by atoms with Crippen molar-refractivity contribution in [2.45, 2.75) is 4.90 Å². The van der Waals surface area contributed by atoms with Crippen LogP contribution in [0.4, 0.5) is 4.79 Å². The Balaban J connectivity index is 2.46. The molecule has 3 aromatic rings. The van der Waals surface area contributed by atoms with E-state index in [1.54, 1.807) is 18.2 Å². The van der Waals surface area contributed by atoms with Crippen LogP contribution in [0.2, 0.25) is 0 Å². The summed E-state index contributed by atoms with van der Waals surface area (Å²) in [6, 6.07) is 13.7. The summed E-state index contributed by atoms with van der Waals surface area (Å²) < 4.78 is 24.0. The number of nitrogens with two attached hydrogens (primary N) is 1. The molecule has 0 unspecified atom stereocenters. The van der Waals surface area contributed by atoms with Crippen LogP contribution in [-0.4, -0.2) is 18.6 Å². The number of amides is 1. The number of fused-ring (bicyclic) bond motifs is 2. The highest BCUT2D eigenvalue weighted by atomic mass is 32.2. The number of benzene rings is 2. The molecule has 0 spiro atoms. The average molecular weight is 286 g/mol. The van der Waals surface area contributed by atoms with E-state index in [-0.39, 0.29) is 4.90 Å². The minimum absolute atomic E-state index is 0.110. The maximum atomic E-state index is 12.0. The molecule has 0 aliphatic carbocycles. The van der Waals surface area contributed by atoms with Gasteiger partial charge in [0.15, 0.2) is 0 Å². The number of sulfone groups is 1. The molecule has 1 heterocycles. The number of carbonyl (C=O) groups excluding carboxylic acids is 1. The van der Waals surface area contributed by atoms with Gasteiger partial charge in [-0.2, -0.15) is 0 Å². The summed E-state index contributed by atoms with van der Waals surface area (Å²) >= 11 is 0. The van der Waals surface area contributed by atoms with Gasteiger partial charge in [0.25, 0.3) is 9.84 Å². The Morgan fingerprint density at radius 2 is 1.70 bits per heavy atom. The first-order chi connectivity index (χ1) is 9.50. The topological polar surface area (TPSA) is 90.1 Å². The van der Waals surface area contributed by atoms with Gasteiger partial charge in [0.2, 0.25) is 0 Å². The quantitative estimate of drug-likeness (QED) is 0.694. The molecule has 0 saturated carbocycles. The van der Waals surface area contributed by atoms with E-state index in [4.69, 9.17) is 5.73 Å². The van der Waals surface area contributed by atoms with Crippen molar-refractivity contribution in [2.75, 3.05) is 0 Å². The molecular formula is C14H10N2O3S. The van der Waals surface area contributed by atoms with Gasteiger partial charge in [0.1, 0.15) is 0 Å². The predicted octanol–water partition coefficient (Wildman–Crippen LogP) is 2.24. The summed E-state index contributed by atoms with van der Waals surface area (Å²) in [6.07, 6.45) is 0. The Hall–Kier alpha value is -2.47. The minimum atomic E-state index is -4.17. The Labute approximate surface area is 115 Å². The number of hydrogen-bond acceptors (Lipinski definition) is 4. The number of pyridine rings is 1. The van der Waals surface area contributed by atoms with Gasteiger partial charge in [-0.1, -0.05) is 24.3 Å². The van der Waals surface area contributed by atoms with Gasteiger partial charge in [-0.15, -0.1) is 0 Å². The first kappa shape index (κ1) is 12.6. The van der Waals surface area contributed by atoms with E-state index in [0.717, 1.165) is 10.9 Å². The van der Waals surface area contributed by atoms with E-state index >= 15 is 0 Å². The average Bonchev–Trinajstić information content (AvgIpc) is 2.44. The number of rotatable bonds is 1. The molecule has 0 aliphatic rings. The smallest absolute Gasteiger partial charge is 0.338 e. The van der Waals surface area contributed by atoms with Crippen LogP contribution in [0.25, 0.3) is 21.8 Å². The second-order valence-electron chi connectivity index (χ2n) is 4.33. The van der Waals surface area contributed by atoms with Gasteiger partial charge < -0.3 is 5.73 Å². The predicted molar refractivity (Wildman–Crippen MR) is 76.0 cm³/mol. The third kappa shape index (κ3) is 1.81.